The Hall–Kier alpha value is -0.430. The molecule has 0 aromatic rings. The predicted octanol–water partition coefficient (Wildman–Crippen LogP) is 1.49. The van der Waals surface area contributed by atoms with E-state index in [0.29, 0.717) is 6.42 Å². The molecular weight excluding hydrogens is 304 g/mol. The molecule has 0 aromatic heterocycles. The Balaban J connectivity index is 3.88. The molecule has 0 unspecified atom stereocenters. The van der Waals surface area contributed by atoms with Crippen LogP contribution in [0.15, 0.2) is 0 Å². The lowest BCUT2D eigenvalue weighted by molar-refractivity contribution is -0.123. The Bertz CT molecular complexity index is 295. The minimum Gasteiger partial charge on any atom is -0.444 e. The van der Waals surface area contributed by atoms with Gasteiger partial charge in [-0.05, 0) is 12.3 Å². The maximum Gasteiger partial charge on any atom is 0.426 e. The van der Waals surface area contributed by atoms with E-state index >= 15 is 0 Å². The summed E-state index contributed by atoms with van der Waals surface area (Å²) < 4.78 is 2.82. The van der Waals surface area contributed by atoms with Crippen molar-refractivity contribution in [2.75, 3.05) is 6.61 Å². The van der Waals surface area contributed by atoms with Crippen LogP contribution in [0, 0.1) is 5.92 Å². The number of hydrogen-bond donors (Lipinski definition) is 3. The van der Waals surface area contributed by atoms with Crippen LogP contribution in [0.3, 0.4) is 0 Å². The van der Waals surface area contributed by atoms with Gasteiger partial charge in [0.05, 0.1) is 6.04 Å². The highest BCUT2D eigenvalue weighted by molar-refractivity contribution is 6.67. The molecule has 106 valence electrons. The minimum atomic E-state index is -1.70. The van der Waals surface area contributed by atoms with E-state index in [1.807, 2.05) is 19.3 Å². The molecule has 0 aliphatic rings. The van der Waals surface area contributed by atoms with Crippen molar-refractivity contribution in [2.45, 2.75) is 30.1 Å². The monoisotopic (exact) mass is 319 g/mol. The fraction of sp³-hybridized carbons (Fsp3) is 0.778. The molecule has 0 rings (SSSR count). The normalized spacial score (nSPS) is 13.1. The second kappa shape index (κ2) is 7.89. The number of amides is 2. The van der Waals surface area contributed by atoms with Crippen molar-refractivity contribution in [1.82, 2.24) is 10.9 Å². The van der Waals surface area contributed by atoms with Gasteiger partial charge in [-0.3, -0.25) is 10.2 Å². The van der Waals surface area contributed by atoms with E-state index in [4.69, 9.17) is 40.5 Å². The number of hydrazine groups is 1. The summed E-state index contributed by atoms with van der Waals surface area (Å²) in [4.78, 5) is 22.5. The molecule has 6 nitrogen and oxygen atoms in total. The number of halogens is 3. The van der Waals surface area contributed by atoms with Crippen LogP contribution in [0.25, 0.3) is 0 Å². The van der Waals surface area contributed by atoms with Gasteiger partial charge in [-0.1, -0.05) is 48.7 Å². The lowest BCUT2D eigenvalue weighted by Gasteiger charge is -2.15. The van der Waals surface area contributed by atoms with Gasteiger partial charge < -0.3 is 10.5 Å². The fourth-order valence-electron chi connectivity index (χ4n) is 1.00. The fourth-order valence-corrected chi connectivity index (χ4v) is 1.17. The Kier molecular flexibility index (Phi) is 7.70. The van der Waals surface area contributed by atoms with Crippen LogP contribution in [-0.2, 0) is 9.53 Å². The van der Waals surface area contributed by atoms with Gasteiger partial charge >= 0.3 is 6.09 Å². The topological polar surface area (TPSA) is 93.5 Å². The summed E-state index contributed by atoms with van der Waals surface area (Å²) in [6, 6.07) is -0.710. The molecule has 0 fully saturated rings. The third kappa shape index (κ3) is 9.58. The number of carbonyl (C=O) groups excluding carboxylic acids is 2. The number of rotatable bonds is 4. The van der Waals surface area contributed by atoms with Gasteiger partial charge in [-0.2, -0.15) is 0 Å². The van der Waals surface area contributed by atoms with E-state index in [1.165, 1.54) is 0 Å². The zero-order valence-electron chi connectivity index (χ0n) is 10.0. The molecule has 0 bridgehead atoms. The van der Waals surface area contributed by atoms with Gasteiger partial charge in [0.1, 0.15) is 6.61 Å². The van der Waals surface area contributed by atoms with Gasteiger partial charge in [0.15, 0.2) is 0 Å². The largest absolute Gasteiger partial charge is 0.444 e. The highest BCUT2D eigenvalue weighted by Gasteiger charge is 2.22. The molecule has 1 atom stereocenters. The van der Waals surface area contributed by atoms with Crippen molar-refractivity contribution in [1.29, 1.82) is 0 Å². The Morgan fingerprint density at radius 3 is 2.28 bits per heavy atom. The van der Waals surface area contributed by atoms with Crippen molar-refractivity contribution in [2.24, 2.45) is 11.7 Å². The van der Waals surface area contributed by atoms with Crippen LogP contribution in [0.2, 0.25) is 0 Å². The molecule has 18 heavy (non-hydrogen) atoms. The van der Waals surface area contributed by atoms with E-state index in [9.17, 15) is 9.59 Å². The minimum absolute atomic E-state index is 0.266. The average Bonchev–Trinajstić information content (AvgIpc) is 2.20. The highest BCUT2D eigenvalue weighted by atomic mass is 35.6. The second-order valence-corrected chi connectivity index (χ2v) is 6.56. The van der Waals surface area contributed by atoms with Gasteiger partial charge in [0.25, 0.3) is 5.91 Å². The molecule has 0 saturated heterocycles. The first-order valence-electron chi connectivity index (χ1n) is 5.16. The lowest BCUT2D eigenvalue weighted by atomic mass is 10.0. The van der Waals surface area contributed by atoms with Crippen molar-refractivity contribution < 1.29 is 14.3 Å². The molecular formula is C9H16Cl3N3O3. The average molecular weight is 321 g/mol. The van der Waals surface area contributed by atoms with Crippen LogP contribution in [0.5, 0.6) is 0 Å². The summed E-state index contributed by atoms with van der Waals surface area (Å²) >= 11 is 16.1. The summed E-state index contributed by atoms with van der Waals surface area (Å²) in [6.07, 6.45) is -0.442. The highest BCUT2D eigenvalue weighted by Crippen LogP contribution is 2.25. The van der Waals surface area contributed by atoms with E-state index in [-0.39, 0.29) is 5.92 Å². The van der Waals surface area contributed by atoms with Crippen molar-refractivity contribution in [3.63, 3.8) is 0 Å². The molecule has 0 aliphatic heterocycles. The molecule has 0 aliphatic carbocycles. The van der Waals surface area contributed by atoms with Crippen molar-refractivity contribution in [3.05, 3.63) is 0 Å². The van der Waals surface area contributed by atoms with E-state index in [2.05, 4.69) is 10.2 Å². The predicted molar refractivity (Wildman–Crippen MR) is 70.3 cm³/mol. The van der Waals surface area contributed by atoms with Gasteiger partial charge in [0.2, 0.25) is 3.79 Å². The summed E-state index contributed by atoms with van der Waals surface area (Å²) in [7, 11) is 0. The SMILES string of the molecule is CC(C)C[C@@H](N)C(=O)NNC(=O)OCC(Cl)(Cl)Cl. The van der Waals surface area contributed by atoms with E-state index in [0.717, 1.165) is 0 Å². The maximum absolute atomic E-state index is 11.4. The van der Waals surface area contributed by atoms with Gasteiger partial charge in [-0.25, -0.2) is 10.2 Å². The molecule has 0 saturated carbocycles. The van der Waals surface area contributed by atoms with E-state index < -0.39 is 28.4 Å². The number of nitrogens with two attached hydrogens (primary N) is 1. The third-order valence-electron chi connectivity index (χ3n) is 1.72. The van der Waals surface area contributed by atoms with Crippen LogP contribution < -0.4 is 16.6 Å². The number of ether oxygens (including phenoxy) is 1. The van der Waals surface area contributed by atoms with Gasteiger partial charge in [-0.15, -0.1) is 0 Å². The maximum atomic E-state index is 11.4. The summed E-state index contributed by atoms with van der Waals surface area (Å²) in [5, 5.41) is 0. The molecule has 0 radical (unpaired) electrons. The third-order valence-corrected chi connectivity index (χ3v) is 2.04. The van der Waals surface area contributed by atoms with Crippen molar-refractivity contribution in [3.8, 4) is 0 Å². The number of hydrogen-bond acceptors (Lipinski definition) is 4. The molecule has 2 amide bonds. The molecule has 9 heteroatoms. The molecule has 0 spiro atoms. The zero-order chi connectivity index (χ0) is 14.3. The quantitative estimate of drug-likeness (QED) is 0.540. The molecule has 4 N–H and O–H groups in total. The number of nitrogens with one attached hydrogen (secondary N) is 2. The number of carbonyl (C=O) groups is 2. The van der Waals surface area contributed by atoms with Crippen molar-refractivity contribution >= 4 is 46.8 Å². The Morgan fingerprint density at radius 1 is 1.28 bits per heavy atom. The van der Waals surface area contributed by atoms with Crippen LogP contribution in [0.4, 0.5) is 4.79 Å². The summed E-state index contributed by atoms with van der Waals surface area (Å²) in [5.74, 6) is -0.253. The smallest absolute Gasteiger partial charge is 0.426 e. The molecule has 0 heterocycles. The first kappa shape index (κ1) is 17.6. The standard InChI is InChI=1S/C9H16Cl3N3O3/c1-5(2)3-6(13)7(16)14-15-8(17)18-4-9(10,11)12/h5-6H,3-4,13H2,1-2H3,(H,14,16)(H,15,17)/t6-/m1/s1. The molecule has 0 aromatic carbocycles. The number of alkyl halides is 3. The summed E-state index contributed by atoms with van der Waals surface area (Å²) in [6.45, 7) is 3.42. The summed E-state index contributed by atoms with van der Waals surface area (Å²) in [5.41, 5.74) is 9.68. The van der Waals surface area contributed by atoms with Gasteiger partial charge in [0, 0.05) is 0 Å². The Labute approximate surface area is 120 Å². The van der Waals surface area contributed by atoms with Crippen LogP contribution in [0.1, 0.15) is 20.3 Å². The second-order valence-electron chi connectivity index (χ2n) is 4.04. The lowest BCUT2D eigenvalue weighted by Crippen LogP contribution is -2.50. The van der Waals surface area contributed by atoms with Crippen LogP contribution in [-0.4, -0.2) is 28.4 Å². The first-order valence-corrected chi connectivity index (χ1v) is 6.30. The van der Waals surface area contributed by atoms with Crippen LogP contribution >= 0.6 is 34.8 Å². The van der Waals surface area contributed by atoms with E-state index in [1.54, 1.807) is 0 Å². The first-order chi connectivity index (χ1) is 8.11. The Morgan fingerprint density at radius 2 is 1.83 bits per heavy atom. The zero-order valence-corrected chi connectivity index (χ0v) is 12.3.